The van der Waals surface area contributed by atoms with Gasteiger partial charge in [0.05, 0.1) is 6.10 Å². The molecule has 1 aromatic rings. The number of ketones is 1. The zero-order valence-electron chi connectivity index (χ0n) is 7.90. The lowest BCUT2D eigenvalue weighted by atomic mass is 9.95. The molecule has 2 heteroatoms. The van der Waals surface area contributed by atoms with E-state index in [-0.39, 0.29) is 11.7 Å². The van der Waals surface area contributed by atoms with Crippen LogP contribution in [0.1, 0.15) is 25.5 Å². The van der Waals surface area contributed by atoms with Gasteiger partial charge in [-0.05, 0) is 12.5 Å². The molecule has 0 aliphatic rings. The molecule has 0 fully saturated rings. The quantitative estimate of drug-likeness (QED) is 0.768. The first-order valence-corrected chi connectivity index (χ1v) is 4.36. The molecule has 70 valence electrons. The molecule has 0 unspecified atom stereocenters. The summed E-state index contributed by atoms with van der Waals surface area (Å²) in [4.78, 5) is 11.0. The van der Waals surface area contributed by atoms with Gasteiger partial charge in [-0.1, -0.05) is 37.3 Å². The Labute approximate surface area is 78.2 Å². The second-order valence-electron chi connectivity index (χ2n) is 3.25. The van der Waals surface area contributed by atoms with E-state index in [1.807, 2.05) is 30.3 Å². The van der Waals surface area contributed by atoms with Gasteiger partial charge in [-0.3, -0.25) is 4.79 Å². The molecule has 2 atom stereocenters. The van der Waals surface area contributed by atoms with Crippen molar-refractivity contribution in [3.05, 3.63) is 35.9 Å². The average molecular weight is 178 g/mol. The van der Waals surface area contributed by atoms with Crippen molar-refractivity contribution in [2.75, 3.05) is 0 Å². The van der Waals surface area contributed by atoms with Crippen molar-refractivity contribution in [2.24, 2.45) is 5.92 Å². The summed E-state index contributed by atoms with van der Waals surface area (Å²) in [5, 5.41) is 9.74. The van der Waals surface area contributed by atoms with Crippen LogP contribution in [0.2, 0.25) is 0 Å². The predicted octanol–water partition coefficient (Wildman–Crippen LogP) is 1.95. The second-order valence-corrected chi connectivity index (χ2v) is 3.25. The van der Waals surface area contributed by atoms with Crippen LogP contribution in [-0.4, -0.2) is 10.9 Å². The third-order valence-electron chi connectivity index (χ3n) is 2.26. The first-order chi connectivity index (χ1) is 6.13. The van der Waals surface area contributed by atoms with Crippen LogP contribution in [0.25, 0.3) is 0 Å². The number of hydrogen-bond donors (Lipinski definition) is 1. The SMILES string of the molecule is CC(=O)[C@@H](C)[C@H](O)c1ccccc1. The largest absolute Gasteiger partial charge is 0.388 e. The van der Waals surface area contributed by atoms with Crippen molar-refractivity contribution < 1.29 is 9.90 Å². The fourth-order valence-electron chi connectivity index (χ4n) is 1.16. The van der Waals surface area contributed by atoms with Gasteiger partial charge >= 0.3 is 0 Å². The zero-order valence-corrected chi connectivity index (χ0v) is 7.90. The molecule has 1 N–H and O–H groups in total. The number of benzene rings is 1. The summed E-state index contributed by atoms with van der Waals surface area (Å²) in [6, 6.07) is 9.24. The maximum Gasteiger partial charge on any atom is 0.135 e. The maximum absolute atomic E-state index is 11.0. The Balaban J connectivity index is 2.79. The van der Waals surface area contributed by atoms with Gasteiger partial charge in [0, 0.05) is 5.92 Å². The molecule has 13 heavy (non-hydrogen) atoms. The normalized spacial score (nSPS) is 15.0. The summed E-state index contributed by atoms with van der Waals surface area (Å²) >= 11 is 0. The first kappa shape index (κ1) is 9.93. The molecular formula is C11H14O2. The van der Waals surface area contributed by atoms with E-state index in [1.165, 1.54) is 6.92 Å². The van der Waals surface area contributed by atoms with E-state index in [0.29, 0.717) is 0 Å². The summed E-state index contributed by atoms with van der Waals surface area (Å²) in [5.74, 6) is -0.321. The summed E-state index contributed by atoms with van der Waals surface area (Å²) in [6.07, 6.45) is -0.682. The van der Waals surface area contributed by atoms with Crippen LogP contribution in [0, 0.1) is 5.92 Å². The van der Waals surface area contributed by atoms with Crippen molar-refractivity contribution in [3.8, 4) is 0 Å². The van der Waals surface area contributed by atoms with Crippen LogP contribution in [0.15, 0.2) is 30.3 Å². The third kappa shape index (κ3) is 2.39. The molecule has 0 amide bonds. The van der Waals surface area contributed by atoms with E-state index in [9.17, 15) is 9.90 Å². The maximum atomic E-state index is 11.0. The lowest BCUT2D eigenvalue weighted by Gasteiger charge is -2.15. The monoisotopic (exact) mass is 178 g/mol. The number of carbonyl (C=O) groups excluding carboxylic acids is 1. The van der Waals surface area contributed by atoms with Crippen LogP contribution >= 0.6 is 0 Å². The third-order valence-corrected chi connectivity index (χ3v) is 2.26. The predicted molar refractivity (Wildman–Crippen MR) is 51.2 cm³/mol. The number of aliphatic hydroxyl groups is 1. The molecule has 0 saturated heterocycles. The van der Waals surface area contributed by atoms with E-state index < -0.39 is 6.10 Å². The van der Waals surface area contributed by atoms with Gasteiger partial charge in [-0.25, -0.2) is 0 Å². The Bertz CT molecular complexity index is 279. The minimum absolute atomic E-state index is 0.0105. The standard InChI is InChI=1S/C11H14O2/c1-8(9(2)12)11(13)10-6-4-3-5-7-10/h3-8,11,13H,1-2H3/t8-,11+/m1/s1. The summed E-state index contributed by atoms with van der Waals surface area (Å²) in [7, 11) is 0. The minimum Gasteiger partial charge on any atom is -0.388 e. The second kappa shape index (κ2) is 4.19. The Kier molecular flexibility index (Phi) is 3.20. The molecule has 1 rings (SSSR count). The number of Topliss-reactive ketones (excluding diaryl/α,β-unsaturated/α-hetero) is 1. The number of rotatable bonds is 3. The highest BCUT2D eigenvalue weighted by atomic mass is 16.3. The highest BCUT2D eigenvalue weighted by Gasteiger charge is 2.19. The molecule has 2 nitrogen and oxygen atoms in total. The average Bonchev–Trinajstić information content (AvgIpc) is 2.17. The fourth-order valence-corrected chi connectivity index (χ4v) is 1.16. The van der Waals surface area contributed by atoms with Crippen molar-refractivity contribution in [1.82, 2.24) is 0 Å². The highest BCUT2D eigenvalue weighted by Crippen LogP contribution is 2.21. The van der Waals surface area contributed by atoms with Gasteiger partial charge in [0.15, 0.2) is 0 Å². The van der Waals surface area contributed by atoms with Gasteiger partial charge in [0.25, 0.3) is 0 Å². The molecule has 0 aliphatic heterocycles. The smallest absolute Gasteiger partial charge is 0.135 e. The Morgan fingerprint density at radius 3 is 2.31 bits per heavy atom. The lowest BCUT2D eigenvalue weighted by Crippen LogP contribution is -2.16. The van der Waals surface area contributed by atoms with E-state index in [1.54, 1.807) is 6.92 Å². The van der Waals surface area contributed by atoms with Crippen molar-refractivity contribution >= 4 is 5.78 Å². The van der Waals surface area contributed by atoms with Crippen molar-refractivity contribution in [2.45, 2.75) is 20.0 Å². The van der Waals surface area contributed by atoms with E-state index in [4.69, 9.17) is 0 Å². The molecular weight excluding hydrogens is 164 g/mol. The van der Waals surface area contributed by atoms with Crippen LogP contribution in [0.3, 0.4) is 0 Å². The molecule has 0 heterocycles. The molecule has 0 bridgehead atoms. The molecule has 0 aromatic heterocycles. The number of aliphatic hydroxyl groups excluding tert-OH is 1. The van der Waals surface area contributed by atoms with Gasteiger partial charge in [-0.15, -0.1) is 0 Å². The van der Waals surface area contributed by atoms with Crippen LogP contribution in [0.5, 0.6) is 0 Å². The van der Waals surface area contributed by atoms with Crippen LogP contribution < -0.4 is 0 Å². The van der Waals surface area contributed by atoms with Crippen LogP contribution in [-0.2, 0) is 4.79 Å². The first-order valence-electron chi connectivity index (χ1n) is 4.36. The van der Waals surface area contributed by atoms with Gasteiger partial charge in [-0.2, -0.15) is 0 Å². The Hall–Kier alpha value is -1.15. The van der Waals surface area contributed by atoms with E-state index in [0.717, 1.165) is 5.56 Å². The van der Waals surface area contributed by atoms with Gasteiger partial charge < -0.3 is 5.11 Å². The molecule has 1 aromatic carbocycles. The highest BCUT2D eigenvalue weighted by molar-refractivity contribution is 5.78. The summed E-state index contributed by atoms with van der Waals surface area (Å²) < 4.78 is 0. The van der Waals surface area contributed by atoms with Crippen molar-refractivity contribution in [3.63, 3.8) is 0 Å². The van der Waals surface area contributed by atoms with E-state index >= 15 is 0 Å². The molecule has 0 aliphatic carbocycles. The van der Waals surface area contributed by atoms with Gasteiger partial charge in [0.2, 0.25) is 0 Å². The fraction of sp³-hybridized carbons (Fsp3) is 0.364. The topological polar surface area (TPSA) is 37.3 Å². The Morgan fingerprint density at radius 1 is 1.31 bits per heavy atom. The van der Waals surface area contributed by atoms with Gasteiger partial charge in [0.1, 0.15) is 5.78 Å². The van der Waals surface area contributed by atoms with Crippen molar-refractivity contribution in [1.29, 1.82) is 0 Å². The minimum atomic E-state index is -0.682. The number of hydrogen-bond acceptors (Lipinski definition) is 2. The molecule has 0 spiro atoms. The zero-order chi connectivity index (χ0) is 9.84. The summed E-state index contributed by atoms with van der Waals surface area (Å²) in [6.45, 7) is 3.23. The summed E-state index contributed by atoms with van der Waals surface area (Å²) in [5.41, 5.74) is 0.796. The Morgan fingerprint density at radius 2 is 1.85 bits per heavy atom. The van der Waals surface area contributed by atoms with E-state index in [2.05, 4.69) is 0 Å². The lowest BCUT2D eigenvalue weighted by molar-refractivity contribution is -0.123. The van der Waals surface area contributed by atoms with Crippen LogP contribution in [0.4, 0.5) is 0 Å². The number of carbonyl (C=O) groups is 1. The molecule has 0 saturated carbocycles. The molecule has 0 radical (unpaired) electrons.